The Hall–Kier alpha value is -1.58. The van der Waals surface area contributed by atoms with Gasteiger partial charge in [-0.05, 0) is 63.3 Å². The lowest BCUT2D eigenvalue weighted by atomic mass is 10.0. The molecule has 0 fully saturated rings. The van der Waals surface area contributed by atoms with Crippen LogP contribution in [0.15, 0.2) is 64.5 Å². The monoisotopic (exact) mass is 386 g/mol. The molecule has 3 rings (SSSR count). The Morgan fingerprint density at radius 3 is 2.00 bits per heavy atom. The number of thiophene rings is 1. The molecule has 3 aromatic rings. The van der Waals surface area contributed by atoms with Crippen molar-refractivity contribution in [1.29, 1.82) is 0 Å². The molecule has 0 amide bonds. The first-order valence-corrected chi connectivity index (χ1v) is 9.46. The van der Waals surface area contributed by atoms with Gasteiger partial charge in [0.15, 0.2) is 0 Å². The molecule has 1 nitrogen and oxygen atoms in total. The van der Waals surface area contributed by atoms with Gasteiger partial charge in [0.25, 0.3) is 0 Å². The van der Waals surface area contributed by atoms with Gasteiger partial charge in [0.1, 0.15) is 5.75 Å². The van der Waals surface area contributed by atoms with E-state index in [-0.39, 0.29) is 0 Å². The molecule has 23 heavy (non-hydrogen) atoms. The van der Waals surface area contributed by atoms with E-state index in [1.807, 2.05) is 0 Å². The van der Waals surface area contributed by atoms with Gasteiger partial charge >= 0.3 is 0 Å². The second-order valence-electron chi connectivity index (χ2n) is 5.41. The van der Waals surface area contributed by atoms with E-state index in [0.717, 1.165) is 29.0 Å². The van der Waals surface area contributed by atoms with Crippen LogP contribution in [0, 0.1) is 0 Å². The van der Waals surface area contributed by atoms with E-state index < -0.39 is 0 Å². The fourth-order valence-corrected chi connectivity index (χ4v) is 3.77. The standard InChI is InChI=1S/C20H19BrOS/c1-2-3-14-22-18-10-8-16(9-11-18)15-4-6-17(7-5-15)19-12-13-20(21)23-19/h4-13H,2-3,14H2,1H3. The van der Waals surface area contributed by atoms with E-state index in [2.05, 4.69) is 83.5 Å². The summed E-state index contributed by atoms with van der Waals surface area (Å²) in [5.41, 5.74) is 3.69. The quantitative estimate of drug-likeness (QED) is 0.413. The summed E-state index contributed by atoms with van der Waals surface area (Å²) in [6, 6.07) is 21.3. The van der Waals surface area contributed by atoms with Crippen LogP contribution in [0.1, 0.15) is 19.8 Å². The summed E-state index contributed by atoms with van der Waals surface area (Å²) < 4.78 is 6.88. The van der Waals surface area contributed by atoms with Crippen molar-refractivity contribution in [2.24, 2.45) is 0 Å². The van der Waals surface area contributed by atoms with E-state index in [4.69, 9.17) is 4.74 Å². The van der Waals surface area contributed by atoms with Crippen LogP contribution in [0.4, 0.5) is 0 Å². The number of rotatable bonds is 6. The lowest BCUT2D eigenvalue weighted by Gasteiger charge is -2.07. The normalized spacial score (nSPS) is 10.7. The number of hydrogen-bond donors (Lipinski definition) is 0. The first-order valence-electron chi connectivity index (χ1n) is 7.85. The van der Waals surface area contributed by atoms with Crippen LogP contribution in [0.25, 0.3) is 21.6 Å². The summed E-state index contributed by atoms with van der Waals surface area (Å²) in [5.74, 6) is 0.947. The Morgan fingerprint density at radius 1 is 0.826 bits per heavy atom. The second-order valence-corrected chi connectivity index (χ2v) is 7.87. The third kappa shape index (κ3) is 4.24. The highest BCUT2D eigenvalue weighted by Crippen LogP contribution is 2.32. The van der Waals surface area contributed by atoms with Gasteiger partial charge in [-0.2, -0.15) is 0 Å². The highest BCUT2D eigenvalue weighted by molar-refractivity contribution is 9.11. The Morgan fingerprint density at radius 2 is 1.43 bits per heavy atom. The smallest absolute Gasteiger partial charge is 0.119 e. The predicted octanol–water partition coefficient (Wildman–Crippen LogP) is 7.02. The van der Waals surface area contributed by atoms with E-state index in [9.17, 15) is 0 Å². The molecule has 0 bridgehead atoms. The molecule has 3 heteroatoms. The average Bonchev–Trinajstić information content (AvgIpc) is 3.02. The van der Waals surface area contributed by atoms with Gasteiger partial charge in [0.05, 0.1) is 10.4 Å². The van der Waals surface area contributed by atoms with Crippen molar-refractivity contribution in [3.05, 3.63) is 64.5 Å². The maximum absolute atomic E-state index is 5.71. The van der Waals surface area contributed by atoms with Crippen molar-refractivity contribution in [2.75, 3.05) is 6.61 Å². The summed E-state index contributed by atoms with van der Waals surface area (Å²) >= 11 is 5.27. The molecule has 2 aromatic carbocycles. The lowest BCUT2D eigenvalue weighted by Crippen LogP contribution is -1.95. The molecular weight excluding hydrogens is 368 g/mol. The first-order chi connectivity index (χ1) is 11.3. The van der Waals surface area contributed by atoms with E-state index >= 15 is 0 Å². The number of ether oxygens (including phenoxy) is 1. The molecule has 0 saturated carbocycles. The van der Waals surface area contributed by atoms with Gasteiger partial charge in [0, 0.05) is 4.88 Å². The van der Waals surface area contributed by atoms with Crippen molar-refractivity contribution in [3.8, 4) is 27.3 Å². The summed E-state index contributed by atoms with van der Waals surface area (Å²) in [4.78, 5) is 1.28. The molecule has 0 spiro atoms. The molecule has 1 aromatic heterocycles. The number of hydrogen-bond acceptors (Lipinski definition) is 2. The molecule has 0 atom stereocenters. The van der Waals surface area contributed by atoms with Gasteiger partial charge < -0.3 is 4.74 Å². The molecule has 1 heterocycles. The van der Waals surface area contributed by atoms with Gasteiger partial charge in [-0.25, -0.2) is 0 Å². The Bertz CT molecular complexity index is 744. The van der Waals surface area contributed by atoms with Gasteiger partial charge in [-0.3, -0.25) is 0 Å². The van der Waals surface area contributed by atoms with Crippen LogP contribution in [0.2, 0.25) is 0 Å². The van der Waals surface area contributed by atoms with Crippen molar-refractivity contribution in [3.63, 3.8) is 0 Å². The molecular formula is C20H19BrOS. The minimum Gasteiger partial charge on any atom is -0.494 e. The van der Waals surface area contributed by atoms with Gasteiger partial charge in [0.2, 0.25) is 0 Å². The molecule has 0 unspecified atom stereocenters. The molecule has 0 radical (unpaired) electrons. The molecule has 0 aliphatic rings. The van der Waals surface area contributed by atoms with Crippen molar-refractivity contribution in [2.45, 2.75) is 19.8 Å². The predicted molar refractivity (Wildman–Crippen MR) is 103 cm³/mol. The molecule has 0 saturated heterocycles. The van der Waals surface area contributed by atoms with Crippen molar-refractivity contribution in [1.82, 2.24) is 0 Å². The summed E-state index contributed by atoms with van der Waals surface area (Å²) in [6.07, 6.45) is 2.26. The zero-order chi connectivity index (χ0) is 16.1. The highest BCUT2D eigenvalue weighted by atomic mass is 79.9. The number of benzene rings is 2. The highest BCUT2D eigenvalue weighted by Gasteiger charge is 2.03. The van der Waals surface area contributed by atoms with Crippen LogP contribution in [-0.4, -0.2) is 6.61 Å². The van der Waals surface area contributed by atoms with Crippen LogP contribution in [0.5, 0.6) is 5.75 Å². The zero-order valence-corrected chi connectivity index (χ0v) is 15.5. The van der Waals surface area contributed by atoms with Crippen LogP contribution in [-0.2, 0) is 0 Å². The van der Waals surface area contributed by atoms with Gasteiger partial charge in [-0.15, -0.1) is 11.3 Å². The lowest BCUT2D eigenvalue weighted by molar-refractivity contribution is 0.309. The molecule has 0 aliphatic heterocycles. The van der Waals surface area contributed by atoms with Crippen LogP contribution >= 0.6 is 27.3 Å². The van der Waals surface area contributed by atoms with Crippen LogP contribution < -0.4 is 4.74 Å². The van der Waals surface area contributed by atoms with Crippen molar-refractivity contribution < 1.29 is 4.74 Å². The number of halogens is 1. The Labute approximate surface area is 150 Å². The van der Waals surface area contributed by atoms with E-state index in [1.165, 1.54) is 21.6 Å². The third-order valence-corrected chi connectivity index (χ3v) is 5.37. The summed E-state index contributed by atoms with van der Waals surface area (Å²) in [7, 11) is 0. The Balaban J connectivity index is 1.71. The number of unbranched alkanes of at least 4 members (excludes halogenated alkanes) is 1. The van der Waals surface area contributed by atoms with E-state index in [0.29, 0.717) is 0 Å². The SMILES string of the molecule is CCCCOc1ccc(-c2ccc(-c3ccc(Br)s3)cc2)cc1. The van der Waals surface area contributed by atoms with Gasteiger partial charge in [-0.1, -0.05) is 49.7 Å². The zero-order valence-electron chi connectivity index (χ0n) is 13.1. The first kappa shape index (κ1) is 16.3. The largest absolute Gasteiger partial charge is 0.494 e. The molecule has 0 N–H and O–H groups in total. The second kappa shape index (κ2) is 7.80. The fraction of sp³-hybridized carbons (Fsp3) is 0.200. The molecule has 118 valence electrons. The maximum Gasteiger partial charge on any atom is 0.119 e. The third-order valence-electron chi connectivity index (χ3n) is 3.70. The fourth-order valence-electron chi connectivity index (χ4n) is 2.37. The van der Waals surface area contributed by atoms with Crippen molar-refractivity contribution >= 4 is 27.3 Å². The average molecular weight is 387 g/mol. The summed E-state index contributed by atoms with van der Waals surface area (Å²) in [5, 5.41) is 0. The van der Waals surface area contributed by atoms with Crippen LogP contribution in [0.3, 0.4) is 0 Å². The minimum absolute atomic E-state index is 0.793. The topological polar surface area (TPSA) is 9.23 Å². The Kier molecular flexibility index (Phi) is 5.52. The maximum atomic E-state index is 5.71. The summed E-state index contributed by atoms with van der Waals surface area (Å²) in [6.45, 7) is 2.96. The molecule has 0 aliphatic carbocycles. The minimum atomic E-state index is 0.793. The van der Waals surface area contributed by atoms with E-state index in [1.54, 1.807) is 11.3 Å².